The Balaban J connectivity index is 2.90. The van der Waals surface area contributed by atoms with Gasteiger partial charge in [-0.3, -0.25) is 0 Å². The average molecular weight is 245 g/mol. The van der Waals surface area contributed by atoms with Gasteiger partial charge >= 0.3 is 5.97 Å². The van der Waals surface area contributed by atoms with Crippen LogP contribution < -0.4 is 5.32 Å². The molecule has 0 bridgehead atoms. The number of hydrogen-bond donors (Lipinski definition) is 1. The molecule has 17 heavy (non-hydrogen) atoms. The fourth-order valence-electron chi connectivity index (χ4n) is 1.24. The van der Waals surface area contributed by atoms with E-state index in [2.05, 4.69) is 10.1 Å². The Kier molecular flexibility index (Phi) is 4.84. The smallest absolute Gasteiger partial charge is 0.340 e. The summed E-state index contributed by atoms with van der Waals surface area (Å²) in [6.07, 6.45) is 0. The van der Waals surface area contributed by atoms with Crippen LogP contribution in [-0.4, -0.2) is 33.3 Å². The molecule has 6 heteroatoms. The molecule has 1 aromatic rings. The number of anilines is 1. The molecule has 0 aliphatic carbocycles. The van der Waals surface area contributed by atoms with Crippen molar-refractivity contribution in [3.63, 3.8) is 0 Å². The Labute approximate surface area is 97.5 Å². The van der Waals surface area contributed by atoms with Gasteiger partial charge in [0.15, 0.2) is 11.6 Å². The molecule has 0 saturated heterocycles. The molecule has 0 heterocycles. The van der Waals surface area contributed by atoms with Crippen LogP contribution >= 0.6 is 0 Å². The van der Waals surface area contributed by atoms with Crippen molar-refractivity contribution < 1.29 is 23.0 Å². The summed E-state index contributed by atoms with van der Waals surface area (Å²) in [6, 6.07) is 2.44. The van der Waals surface area contributed by atoms with Gasteiger partial charge in [-0.25, -0.2) is 13.6 Å². The summed E-state index contributed by atoms with van der Waals surface area (Å²) in [7, 11) is 2.60. The number of ether oxygens (including phenoxy) is 2. The minimum Gasteiger partial charge on any atom is -0.465 e. The van der Waals surface area contributed by atoms with Crippen LogP contribution in [0.3, 0.4) is 0 Å². The molecule has 0 spiro atoms. The molecule has 0 amide bonds. The second-order valence-electron chi connectivity index (χ2n) is 3.20. The molecule has 94 valence electrons. The van der Waals surface area contributed by atoms with Gasteiger partial charge in [0.25, 0.3) is 0 Å². The summed E-state index contributed by atoms with van der Waals surface area (Å²) in [6.45, 7) is 0.699. The first kappa shape index (κ1) is 13.4. The van der Waals surface area contributed by atoms with E-state index in [4.69, 9.17) is 4.74 Å². The molecule has 0 aromatic heterocycles. The zero-order chi connectivity index (χ0) is 12.8. The Morgan fingerprint density at radius 3 is 2.59 bits per heavy atom. The maximum absolute atomic E-state index is 13.5. The molecule has 1 rings (SSSR count). The summed E-state index contributed by atoms with van der Waals surface area (Å²) in [5.41, 5.74) is -0.450. The first-order valence-corrected chi connectivity index (χ1v) is 4.91. The fraction of sp³-hybridized carbons (Fsp3) is 0.364. The summed E-state index contributed by atoms with van der Waals surface area (Å²) in [5.74, 6) is -3.24. The number of hydrogen-bond acceptors (Lipinski definition) is 4. The lowest BCUT2D eigenvalue weighted by Gasteiger charge is -2.09. The summed E-state index contributed by atoms with van der Waals surface area (Å²) in [5, 5.41) is 2.65. The zero-order valence-electron chi connectivity index (χ0n) is 9.55. The van der Waals surface area contributed by atoms with E-state index in [0.717, 1.165) is 7.11 Å². The van der Waals surface area contributed by atoms with Gasteiger partial charge in [-0.2, -0.15) is 0 Å². The highest BCUT2D eigenvalue weighted by Crippen LogP contribution is 2.20. The molecule has 0 saturated carbocycles. The largest absolute Gasteiger partial charge is 0.465 e. The predicted octanol–water partition coefficient (Wildman–Crippen LogP) is 1.81. The Bertz CT molecular complexity index is 410. The normalized spacial score (nSPS) is 10.1. The van der Waals surface area contributed by atoms with Gasteiger partial charge in [0, 0.05) is 13.7 Å². The Morgan fingerprint density at radius 1 is 1.29 bits per heavy atom. The van der Waals surface area contributed by atoms with Gasteiger partial charge < -0.3 is 14.8 Å². The molecule has 0 aliphatic rings. The van der Waals surface area contributed by atoms with E-state index in [9.17, 15) is 13.6 Å². The van der Waals surface area contributed by atoms with E-state index in [1.54, 1.807) is 0 Å². The maximum Gasteiger partial charge on any atom is 0.340 e. The molecular formula is C11H13F2NO3. The van der Waals surface area contributed by atoms with Crippen LogP contribution in [-0.2, 0) is 9.47 Å². The van der Waals surface area contributed by atoms with E-state index in [-0.39, 0.29) is 5.69 Å². The number of rotatable bonds is 5. The van der Waals surface area contributed by atoms with Crippen molar-refractivity contribution in [1.82, 2.24) is 0 Å². The van der Waals surface area contributed by atoms with Gasteiger partial charge in [-0.1, -0.05) is 0 Å². The molecule has 0 radical (unpaired) electrons. The summed E-state index contributed by atoms with van der Waals surface area (Å²) >= 11 is 0. The van der Waals surface area contributed by atoms with Crippen LogP contribution in [0.25, 0.3) is 0 Å². The summed E-state index contributed by atoms with van der Waals surface area (Å²) < 4.78 is 36.0. The number of nitrogens with one attached hydrogen (secondary N) is 1. The van der Waals surface area contributed by atoms with Gasteiger partial charge in [-0.15, -0.1) is 0 Å². The van der Waals surface area contributed by atoms with E-state index in [1.165, 1.54) is 19.2 Å². The molecule has 0 fully saturated rings. The third-order valence-electron chi connectivity index (χ3n) is 2.11. The number of benzene rings is 1. The van der Waals surface area contributed by atoms with Crippen LogP contribution in [0.15, 0.2) is 12.1 Å². The lowest BCUT2D eigenvalue weighted by atomic mass is 10.2. The van der Waals surface area contributed by atoms with E-state index in [1.807, 2.05) is 0 Å². The van der Waals surface area contributed by atoms with Gasteiger partial charge in [0.1, 0.15) is 0 Å². The first-order chi connectivity index (χ1) is 8.11. The number of carbonyl (C=O) groups is 1. The van der Waals surface area contributed by atoms with Crippen molar-refractivity contribution in [3.05, 3.63) is 29.3 Å². The van der Waals surface area contributed by atoms with Gasteiger partial charge in [-0.05, 0) is 12.1 Å². The molecule has 0 aliphatic heterocycles. The van der Waals surface area contributed by atoms with Crippen molar-refractivity contribution in [1.29, 1.82) is 0 Å². The monoisotopic (exact) mass is 245 g/mol. The molecule has 1 aromatic carbocycles. The van der Waals surface area contributed by atoms with Crippen molar-refractivity contribution >= 4 is 11.7 Å². The SMILES string of the molecule is COCCNc1ccc(C(=O)OC)c(F)c1F. The molecule has 0 unspecified atom stereocenters. The number of esters is 1. The average Bonchev–Trinajstić information content (AvgIpc) is 2.34. The number of halogens is 2. The highest BCUT2D eigenvalue weighted by Gasteiger charge is 2.18. The lowest BCUT2D eigenvalue weighted by Crippen LogP contribution is -2.12. The van der Waals surface area contributed by atoms with Crippen LogP contribution in [0.5, 0.6) is 0 Å². The second-order valence-corrected chi connectivity index (χ2v) is 3.20. The number of methoxy groups -OCH3 is 2. The maximum atomic E-state index is 13.5. The minimum absolute atomic E-state index is 0.0211. The molecule has 1 N–H and O–H groups in total. The van der Waals surface area contributed by atoms with Crippen molar-refractivity contribution in [2.45, 2.75) is 0 Å². The quantitative estimate of drug-likeness (QED) is 0.635. The zero-order valence-corrected chi connectivity index (χ0v) is 9.55. The van der Waals surface area contributed by atoms with Gasteiger partial charge in [0.05, 0.1) is 25.0 Å². The number of carbonyl (C=O) groups excluding carboxylic acids is 1. The van der Waals surface area contributed by atoms with Crippen LogP contribution in [0.1, 0.15) is 10.4 Å². The predicted molar refractivity (Wildman–Crippen MR) is 58.1 cm³/mol. The van der Waals surface area contributed by atoms with Crippen molar-refractivity contribution in [2.75, 3.05) is 32.7 Å². The van der Waals surface area contributed by atoms with Crippen molar-refractivity contribution in [2.24, 2.45) is 0 Å². The third-order valence-corrected chi connectivity index (χ3v) is 2.11. The molecule has 4 nitrogen and oxygen atoms in total. The summed E-state index contributed by atoms with van der Waals surface area (Å²) in [4.78, 5) is 11.1. The standard InChI is InChI=1S/C11H13F2NO3/c1-16-6-5-14-8-4-3-7(11(15)17-2)9(12)10(8)13/h3-4,14H,5-6H2,1-2H3. The third kappa shape index (κ3) is 3.13. The highest BCUT2D eigenvalue weighted by molar-refractivity contribution is 5.90. The Hall–Kier alpha value is -1.69. The first-order valence-electron chi connectivity index (χ1n) is 4.91. The lowest BCUT2D eigenvalue weighted by molar-refractivity contribution is 0.0594. The Morgan fingerprint density at radius 2 is 2.00 bits per heavy atom. The van der Waals surface area contributed by atoms with Crippen LogP contribution in [0, 0.1) is 11.6 Å². The van der Waals surface area contributed by atoms with Crippen molar-refractivity contribution in [3.8, 4) is 0 Å². The topological polar surface area (TPSA) is 47.6 Å². The minimum atomic E-state index is -1.22. The molecule has 0 atom stereocenters. The van der Waals surface area contributed by atoms with E-state index < -0.39 is 23.2 Å². The van der Waals surface area contributed by atoms with Crippen LogP contribution in [0.4, 0.5) is 14.5 Å². The highest BCUT2D eigenvalue weighted by atomic mass is 19.2. The van der Waals surface area contributed by atoms with Gasteiger partial charge in [0.2, 0.25) is 0 Å². The molecular weight excluding hydrogens is 232 g/mol. The van der Waals surface area contributed by atoms with Crippen LogP contribution in [0.2, 0.25) is 0 Å². The van der Waals surface area contributed by atoms with E-state index >= 15 is 0 Å². The van der Waals surface area contributed by atoms with E-state index in [0.29, 0.717) is 13.2 Å². The fourth-order valence-corrected chi connectivity index (χ4v) is 1.24. The second kappa shape index (κ2) is 6.15.